The Hall–Kier alpha value is -2.95. The number of fused-ring (bicyclic) bond motifs is 1. The predicted molar refractivity (Wildman–Crippen MR) is 82.7 cm³/mol. The van der Waals surface area contributed by atoms with Crippen LogP contribution in [0.2, 0.25) is 0 Å². The van der Waals surface area contributed by atoms with E-state index in [0.29, 0.717) is 16.5 Å². The van der Waals surface area contributed by atoms with Crippen molar-refractivity contribution in [3.05, 3.63) is 76.8 Å². The van der Waals surface area contributed by atoms with Crippen LogP contribution < -0.4 is 5.56 Å². The molecule has 0 saturated carbocycles. The maximum atomic E-state index is 12.3. The number of rotatable bonds is 4. The first-order chi connectivity index (χ1) is 10.8. The van der Waals surface area contributed by atoms with Gasteiger partial charge in [-0.25, -0.2) is 9.78 Å². The Morgan fingerprint density at radius 1 is 1.05 bits per heavy atom. The largest absolute Gasteiger partial charge is 0.460 e. The molecule has 0 radical (unpaired) electrons. The highest BCUT2D eigenvalue weighted by Gasteiger charge is 2.07. The van der Waals surface area contributed by atoms with E-state index in [9.17, 15) is 9.59 Å². The summed E-state index contributed by atoms with van der Waals surface area (Å²) in [6, 6.07) is 15.9. The third-order valence-corrected chi connectivity index (χ3v) is 3.31. The number of nitrogens with zero attached hydrogens (tertiary/aromatic N) is 2. The molecule has 3 aromatic rings. The highest BCUT2D eigenvalue weighted by molar-refractivity contribution is 5.89. The number of carbonyl (C=O) groups is 1. The maximum Gasteiger partial charge on any atom is 0.338 e. The number of hydrogen-bond donors (Lipinski definition) is 0. The lowest BCUT2D eigenvalue weighted by Gasteiger charge is -2.07. The van der Waals surface area contributed by atoms with Gasteiger partial charge in [0.05, 0.1) is 29.3 Å². The van der Waals surface area contributed by atoms with Crippen LogP contribution in [-0.2, 0) is 11.3 Å². The van der Waals surface area contributed by atoms with Crippen molar-refractivity contribution < 1.29 is 9.53 Å². The van der Waals surface area contributed by atoms with Crippen molar-refractivity contribution in [1.82, 2.24) is 9.55 Å². The molecular formula is C17H14N2O3. The molecule has 22 heavy (non-hydrogen) atoms. The van der Waals surface area contributed by atoms with Crippen molar-refractivity contribution in [3.8, 4) is 0 Å². The van der Waals surface area contributed by atoms with Crippen molar-refractivity contribution in [2.24, 2.45) is 0 Å². The standard InChI is InChI=1S/C17H14N2O3/c20-16-14-8-4-5-9-15(14)18-12-19(16)10-11-22-17(21)13-6-2-1-3-7-13/h1-9,12H,10-11H2. The first-order valence-electron chi connectivity index (χ1n) is 6.92. The van der Waals surface area contributed by atoms with Crippen molar-refractivity contribution in [2.45, 2.75) is 6.54 Å². The van der Waals surface area contributed by atoms with Gasteiger partial charge in [0.15, 0.2) is 0 Å². The van der Waals surface area contributed by atoms with Gasteiger partial charge in [-0.2, -0.15) is 0 Å². The summed E-state index contributed by atoms with van der Waals surface area (Å²) in [4.78, 5) is 28.3. The molecule has 5 heteroatoms. The summed E-state index contributed by atoms with van der Waals surface area (Å²) in [5.41, 5.74) is 1.01. The van der Waals surface area contributed by atoms with Gasteiger partial charge in [-0.15, -0.1) is 0 Å². The van der Waals surface area contributed by atoms with E-state index in [1.165, 1.54) is 10.9 Å². The van der Waals surface area contributed by atoms with E-state index < -0.39 is 5.97 Å². The minimum absolute atomic E-state index is 0.119. The molecule has 0 aliphatic rings. The Morgan fingerprint density at radius 2 is 1.77 bits per heavy atom. The lowest BCUT2D eigenvalue weighted by Crippen LogP contribution is -2.23. The van der Waals surface area contributed by atoms with Gasteiger partial charge in [0.25, 0.3) is 5.56 Å². The number of para-hydroxylation sites is 1. The summed E-state index contributed by atoms with van der Waals surface area (Å²) in [7, 11) is 0. The zero-order valence-electron chi connectivity index (χ0n) is 11.8. The Labute approximate surface area is 126 Å². The predicted octanol–water partition coefficient (Wildman–Crippen LogP) is 2.25. The molecule has 0 amide bonds. The van der Waals surface area contributed by atoms with E-state index in [-0.39, 0.29) is 18.7 Å². The summed E-state index contributed by atoms with van der Waals surface area (Å²) < 4.78 is 6.62. The lowest BCUT2D eigenvalue weighted by atomic mass is 10.2. The highest BCUT2D eigenvalue weighted by atomic mass is 16.5. The Morgan fingerprint density at radius 3 is 2.59 bits per heavy atom. The van der Waals surface area contributed by atoms with E-state index in [0.717, 1.165) is 0 Å². The topological polar surface area (TPSA) is 61.2 Å². The van der Waals surface area contributed by atoms with E-state index >= 15 is 0 Å². The van der Waals surface area contributed by atoms with Crippen LogP contribution in [0.4, 0.5) is 0 Å². The van der Waals surface area contributed by atoms with Crippen LogP contribution in [0, 0.1) is 0 Å². The summed E-state index contributed by atoms with van der Waals surface area (Å²) >= 11 is 0. The number of carbonyl (C=O) groups excluding carboxylic acids is 1. The SMILES string of the molecule is O=C(OCCn1cnc2ccccc2c1=O)c1ccccc1. The van der Waals surface area contributed by atoms with Crippen LogP contribution >= 0.6 is 0 Å². The number of ether oxygens (including phenoxy) is 1. The van der Waals surface area contributed by atoms with Gasteiger partial charge >= 0.3 is 5.97 Å². The number of hydrogen-bond acceptors (Lipinski definition) is 4. The van der Waals surface area contributed by atoms with Gasteiger partial charge in [0.1, 0.15) is 6.61 Å². The van der Waals surface area contributed by atoms with Crippen LogP contribution in [0.5, 0.6) is 0 Å². The average Bonchev–Trinajstić information content (AvgIpc) is 2.58. The van der Waals surface area contributed by atoms with E-state index in [4.69, 9.17) is 4.74 Å². The van der Waals surface area contributed by atoms with Gasteiger partial charge in [-0.3, -0.25) is 9.36 Å². The minimum Gasteiger partial charge on any atom is -0.460 e. The molecule has 0 aliphatic heterocycles. The second-order valence-corrected chi connectivity index (χ2v) is 4.76. The maximum absolute atomic E-state index is 12.3. The van der Waals surface area contributed by atoms with Crippen LogP contribution in [0.15, 0.2) is 65.7 Å². The lowest BCUT2D eigenvalue weighted by molar-refractivity contribution is 0.0490. The van der Waals surface area contributed by atoms with Crippen LogP contribution in [0.3, 0.4) is 0 Å². The molecule has 0 unspecified atom stereocenters. The zero-order chi connectivity index (χ0) is 15.4. The van der Waals surface area contributed by atoms with Gasteiger partial charge in [0.2, 0.25) is 0 Å². The molecular weight excluding hydrogens is 280 g/mol. The molecule has 1 aromatic heterocycles. The van der Waals surface area contributed by atoms with Crippen molar-refractivity contribution in [3.63, 3.8) is 0 Å². The monoisotopic (exact) mass is 294 g/mol. The fraction of sp³-hybridized carbons (Fsp3) is 0.118. The molecule has 0 aliphatic carbocycles. The molecule has 110 valence electrons. The number of aromatic nitrogens is 2. The zero-order valence-corrected chi connectivity index (χ0v) is 11.8. The summed E-state index contributed by atoms with van der Waals surface area (Å²) in [6.07, 6.45) is 1.47. The molecule has 0 N–H and O–H groups in total. The van der Waals surface area contributed by atoms with Gasteiger partial charge < -0.3 is 4.74 Å². The van der Waals surface area contributed by atoms with Crippen molar-refractivity contribution in [1.29, 1.82) is 0 Å². The van der Waals surface area contributed by atoms with Gasteiger partial charge in [-0.1, -0.05) is 30.3 Å². The van der Waals surface area contributed by atoms with Crippen LogP contribution in [-0.4, -0.2) is 22.1 Å². The normalized spacial score (nSPS) is 10.5. The molecule has 0 bridgehead atoms. The van der Waals surface area contributed by atoms with Crippen molar-refractivity contribution in [2.75, 3.05) is 6.61 Å². The summed E-state index contributed by atoms with van der Waals surface area (Å²) in [6.45, 7) is 0.392. The molecule has 0 atom stereocenters. The summed E-state index contributed by atoms with van der Waals surface area (Å²) in [5, 5.41) is 0.555. The molecule has 1 heterocycles. The fourth-order valence-corrected chi connectivity index (χ4v) is 2.16. The second kappa shape index (κ2) is 6.22. The minimum atomic E-state index is -0.401. The summed E-state index contributed by atoms with van der Waals surface area (Å²) in [5.74, 6) is -0.401. The average molecular weight is 294 g/mol. The number of esters is 1. The van der Waals surface area contributed by atoms with E-state index in [1.54, 1.807) is 42.5 Å². The third kappa shape index (κ3) is 2.88. The van der Waals surface area contributed by atoms with E-state index in [1.807, 2.05) is 12.1 Å². The second-order valence-electron chi connectivity index (χ2n) is 4.76. The fourth-order valence-electron chi connectivity index (χ4n) is 2.16. The first-order valence-corrected chi connectivity index (χ1v) is 6.92. The quantitative estimate of drug-likeness (QED) is 0.692. The highest BCUT2D eigenvalue weighted by Crippen LogP contribution is 2.05. The van der Waals surface area contributed by atoms with E-state index in [2.05, 4.69) is 4.98 Å². The smallest absolute Gasteiger partial charge is 0.338 e. The molecule has 0 spiro atoms. The molecule has 2 aromatic carbocycles. The van der Waals surface area contributed by atoms with Gasteiger partial charge in [0, 0.05) is 0 Å². The Bertz CT molecular complexity index is 856. The molecule has 3 rings (SSSR count). The number of benzene rings is 2. The molecule has 0 fully saturated rings. The van der Waals surface area contributed by atoms with Crippen LogP contribution in [0.25, 0.3) is 10.9 Å². The van der Waals surface area contributed by atoms with Crippen molar-refractivity contribution >= 4 is 16.9 Å². The first kappa shape index (κ1) is 14.0. The molecule has 5 nitrogen and oxygen atoms in total. The molecule has 0 saturated heterocycles. The van der Waals surface area contributed by atoms with Gasteiger partial charge in [-0.05, 0) is 24.3 Å². The van der Waals surface area contributed by atoms with Crippen LogP contribution in [0.1, 0.15) is 10.4 Å². The third-order valence-electron chi connectivity index (χ3n) is 3.31. The Kier molecular flexibility index (Phi) is 3.96. The Balaban J connectivity index is 1.68.